The molecule has 0 bridgehead atoms. The predicted molar refractivity (Wildman–Crippen MR) is 77.0 cm³/mol. The number of morpholine rings is 1. The largest absolute Gasteiger partial charge is 0.378 e. The molecule has 0 radical (unpaired) electrons. The fourth-order valence-electron chi connectivity index (χ4n) is 2.15. The number of carbonyl (C=O) groups excluding carboxylic acids is 2. The minimum absolute atomic E-state index is 0.436. The van der Waals surface area contributed by atoms with Gasteiger partial charge in [0.2, 0.25) is 0 Å². The molecule has 2 amide bonds. The summed E-state index contributed by atoms with van der Waals surface area (Å²) in [6.45, 7) is 5.56. The zero-order valence-corrected chi connectivity index (χ0v) is 12.3. The topological polar surface area (TPSA) is 58.6 Å². The van der Waals surface area contributed by atoms with E-state index < -0.39 is 11.8 Å². The van der Waals surface area contributed by atoms with E-state index in [1.54, 1.807) is 6.07 Å². The van der Waals surface area contributed by atoms with E-state index >= 15 is 0 Å². The van der Waals surface area contributed by atoms with Crippen molar-refractivity contribution in [3.8, 4) is 0 Å². The predicted octanol–water partition coefficient (Wildman–Crippen LogP) is 1.75. The number of anilines is 1. The first-order chi connectivity index (χ1) is 9.49. The maximum atomic E-state index is 12.0. The molecular weight excluding hydrogens is 280 g/mol. The van der Waals surface area contributed by atoms with E-state index in [0.29, 0.717) is 37.0 Å². The van der Waals surface area contributed by atoms with Gasteiger partial charge in [0, 0.05) is 13.1 Å². The van der Waals surface area contributed by atoms with Crippen LogP contribution in [0.15, 0.2) is 12.1 Å². The maximum absolute atomic E-state index is 12.0. The van der Waals surface area contributed by atoms with Crippen molar-refractivity contribution in [2.24, 2.45) is 0 Å². The molecule has 5 nitrogen and oxygen atoms in total. The van der Waals surface area contributed by atoms with Gasteiger partial charge in [-0.05, 0) is 31.0 Å². The average molecular weight is 297 g/mol. The fraction of sp³-hybridized carbons (Fsp3) is 0.429. The van der Waals surface area contributed by atoms with Crippen molar-refractivity contribution in [3.63, 3.8) is 0 Å². The summed E-state index contributed by atoms with van der Waals surface area (Å²) < 4.78 is 5.15. The van der Waals surface area contributed by atoms with E-state index in [1.807, 2.05) is 19.9 Å². The summed E-state index contributed by atoms with van der Waals surface area (Å²) in [6, 6.07) is 3.66. The summed E-state index contributed by atoms with van der Waals surface area (Å²) in [7, 11) is 0. The number of benzene rings is 1. The molecule has 2 rings (SSSR count). The molecule has 0 unspecified atom stereocenters. The van der Waals surface area contributed by atoms with Crippen LogP contribution >= 0.6 is 11.6 Å². The molecule has 1 aromatic carbocycles. The lowest BCUT2D eigenvalue weighted by molar-refractivity contribution is -0.145. The number of aryl methyl sites for hydroxylation is 2. The highest BCUT2D eigenvalue weighted by Crippen LogP contribution is 2.27. The average Bonchev–Trinajstić information content (AvgIpc) is 2.42. The number of ether oxygens (including phenoxy) is 1. The van der Waals surface area contributed by atoms with Crippen molar-refractivity contribution in [1.29, 1.82) is 0 Å². The molecule has 1 N–H and O–H groups in total. The second-order valence-electron chi connectivity index (χ2n) is 4.80. The highest BCUT2D eigenvalue weighted by atomic mass is 35.5. The fourth-order valence-corrected chi connectivity index (χ4v) is 2.52. The van der Waals surface area contributed by atoms with Gasteiger partial charge in [-0.3, -0.25) is 9.59 Å². The minimum atomic E-state index is -0.666. The number of nitrogens with zero attached hydrogens (tertiary/aromatic N) is 1. The van der Waals surface area contributed by atoms with E-state index in [9.17, 15) is 9.59 Å². The lowest BCUT2D eigenvalue weighted by Gasteiger charge is -2.26. The molecule has 108 valence electrons. The van der Waals surface area contributed by atoms with Crippen LogP contribution in [0.3, 0.4) is 0 Å². The number of amides is 2. The number of halogens is 1. The van der Waals surface area contributed by atoms with E-state index in [2.05, 4.69) is 5.32 Å². The second-order valence-corrected chi connectivity index (χ2v) is 5.20. The zero-order valence-electron chi connectivity index (χ0n) is 11.5. The number of hydrogen-bond acceptors (Lipinski definition) is 3. The van der Waals surface area contributed by atoms with Crippen LogP contribution in [-0.2, 0) is 14.3 Å². The van der Waals surface area contributed by atoms with Gasteiger partial charge in [-0.2, -0.15) is 0 Å². The van der Waals surface area contributed by atoms with E-state index in [-0.39, 0.29) is 0 Å². The SMILES string of the molecule is Cc1cc(C)c(NC(=O)C(=O)N2CCOCC2)c(Cl)c1. The summed E-state index contributed by atoms with van der Waals surface area (Å²) in [4.78, 5) is 25.5. The molecule has 1 aliphatic rings. The Morgan fingerprint density at radius 1 is 1.25 bits per heavy atom. The van der Waals surface area contributed by atoms with Gasteiger partial charge in [0.25, 0.3) is 0 Å². The second kappa shape index (κ2) is 6.24. The van der Waals surface area contributed by atoms with Gasteiger partial charge >= 0.3 is 11.8 Å². The number of nitrogens with one attached hydrogen (secondary N) is 1. The molecule has 1 fully saturated rings. The van der Waals surface area contributed by atoms with Gasteiger partial charge in [-0.25, -0.2) is 0 Å². The molecule has 0 atom stereocenters. The Hall–Kier alpha value is -1.59. The first kappa shape index (κ1) is 14.8. The summed E-state index contributed by atoms with van der Waals surface area (Å²) in [5.74, 6) is -1.22. The lowest BCUT2D eigenvalue weighted by atomic mass is 10.1. The van der Waals surface area contributed by atoms with Crippen LogP contribution in [0.2, 0.25) is 5.02 Å². The van der Waals surface area contributed by atoms with Gasteiger partial charge in [0.1, 0.15) is 0 Å². The Bertz CT molecular complexity index is 516. The smallest absolute Gasteiger partial charge is 0.313 e. The first-order valence-corrected chi connectivity index (χ1v) is 6.81. The van der Waals surface area contributed by atoms with E-state index in [0.717, 1.165) is 11.1 Å². The van der Waals surface area contributed by atoms with Crippen molar-refractivity contribution in [2.75, 3.05) is 31.6 Å². The molecule has 1 saturated heterocycles. The molecular formula is C14H17ClN2O3. The number of rotatable bonds is 1. The Kier molecular flexibility index (Phi) is 4.62. The Morgan fingerprint density at radius 2 is 1.90 bits per heavy atom. The third-order valence-electron chi connectivity index (χ3n) is 3.16. The quantitative estimate of drug-likeness (QED) is 0.803. The molecule has 20 heavy (non-hydrogen) atoms. The van der Waals surface area contributed by atoms with Crippen LogP contribution in [0.25, 0.3) is 0 Å². The lowest BCUT2D eigenvalue weighted by Crippen LogP contribution is -2.45. The van der Waals surface area contributed by atoms with Crippen molar-refractivity contribution in [3.05, 3.63) is 28.3 Å². The Labute approximate surface area is 122 Å². The van der Waals surface area contributed by atoms with Crippen molar-refractivity contribution in [2.45, 2.75) is 13.8 Å². The van der Waals surface area contributed by atoms with Crippen LogP contribution < -0.4 is 5.32 Å². The summed E-state index contributed by atoms with van der Waals surface area (Å²) in [6.07, 6.45) is 0. The first-order valence-electron chi connectivity index (χ1n) is 6.44. The van der Waals surface area contributed by atoms with Crippen LogP contribution in [0.1, 0.15) is 11.1 Å². The Balaban J connectivity index is 2.09. The molecule has 1 aliphatic heterocycles. The van der Waals surface area contributed by atoms with Crippen LogP contribution in [0.5, 0.6) is 0 Å². The standard InChI is InChI=1S/C14H17ClN2O3/c1-9-7-10(2)12(11(15)8-9)16-13(18)14(19)17-3-5-20-6-4-17/h7-8H,3-6H2,1-2H3,(H,16,18). The molecule has 1 heterocycles. The van der Waals surface area contributed by atoms with Gasteiger partial charge in [0.15, 0.2) is 0 Å². The van der Waals surface area contributed by atoms with Gasteiger partial charge in [0.05, 0.1) is 23.9 Å². The molecule has 0 aromatic heterocycles. The van der Waals surface area contributed by atoms with Gasteiger partial charge < -0.3 is 15.0 Å². The van der Waals surface area contributed by atoms with Crippen molar-refractivity contribution in [1.82, 2.24) is 4.90 Å². The highest BCUT2D eigenvalue weighted by molar-refractivity contribution is 6.41. The van der Waals surface area contributed by atoms with Gasteiger partial charge in [-0.15, -0.1) is 0 Å². The molecule has 1 aromatic rings. The number of carbonyl (C=O) groups is 2. The summed E-state index contributed by atoms with van der Waals surface area (Å²) in [5.41, 5.74) is 2.33. The third kappa shape index (κ3) is 3.29. The minimum Gasteiger partial charge on any atom is -0.378 e. The molecule has 0 saturated carbocycles. The van der Waals surface area contributed by atoms with Crippen molar-refractivity contribution >= 4 is 29.1 Å². The van der Waals surface area contributed by atoms with Gasteiger partial charge in [-0.1, -0.05) is 17.7 Å². The van der Waals surface area contributed by atoms with Crippen molar-refractivity contribution < 1.29 is 14.3 Å². The molecule has 6 heteroatoms. The zero-order chi connectivity index (χ0) is 14.7. The summed E-state index contributed by atoms with van der Waals surface area (Å²) in [5, 5.41) is 3.04. The van der Waals surface area contributed by atoms with E-state index in [4.69, 9.17) is 16.3 Å². The van der Waals surface area contributed by atoms with Crippen LogP contribution in [0.4, 0.5) is 5.69 Å². The summed E-state index contributed by atoms with van der Waals surface area (Å²) >= 11 is 6.11. The maximum Gasteiger partial charge on any atom is 0.313 e. The normalized spacial score (nSPS) is 15.1. The molecule has 0 aliphatic carbocycles. The van der Waals surface area contributed by atoms with Crippen LogP contribution in [0, 0.1) is 13.8 Å². The third-order valence-corrected chi connectivity index (χ3v) is 3.46. The molecule has 0 spiro atoms. The van der Waals surface area contributed by atoms with Crippen LogP contribution in [-0.4, -0.2) is 43.0 Å². The number of hydrogen-bond donors (Lipinski definition) is 1. The monoisotopic (exact) mass is 296 g/mol. The Morgan fingerprint density at radius 3 is 2.50 bits per heavy atom. The van der Waals surface area contributed by atoms with E-state index in [1.165, 1.54) is 4.90 Å². The highest BCUT2D eigenvalue weighted by Gasteiger charge is 2.24.